The van der Waals surface area contributed by atoms with Gasteiger partial charge in [-0.25, -0.2) is 9.18 Å². The molecule has 1 N–H and O–H groups in total. The molecule has 0 spiro atoms. The van der Waals surface area contributed by atoms with E-state index in [0.29, 0.717) is 23.7 Å². The normalized spacial score (nSPS) is 15.3. The number of halogens is 1. The van der Waals surface area contributed by atoms with Crippen LogP contribution in [0.25, 0.3) is 0 Å². The molecule has 0 bridgehead atoms. The first kappa shape index (κ1) is 22.1. The Balaban J connectivity index is 1.72. The minimum absolute atomic E-state index is 0.224. The highest BCUT2D eigenvalue weighted by atomic mass is 32.1. The highest BCUT2D eigenvalue weighted by Gasteiger charge is 2.35. The number of rotatable bonds is 5. The summed E-state index contributed by atoms with van der Waals surface area (Å²) < 4.78 is 24.3. The molecule has 2 amide bonds. The third-order valence-corrected chi connectivity index (χ3v) is 7.21. The molecule has 32 heavy (non-hydrogen) atoms. The van der Waals surface area contributed by atoms with Crippen LogP contribution in [0.2, 0.25) is 0 Å². The third-order valence-electron chi connectivity index (χ3n) is 5.96. The summed E-state index contributed by atoms with van der Waals surface area (Å²) in [6, 6.07) is 11.2. The van der Waals surface area contributed by atoms with Crippen LogP contribution < -0.4 is 14.8 Å². The molecule has 168 valence electrons. The van der Waals surface area contributed by atoms with Gasteiger partial charge in [-0.15, -0.1) is 11.3 Å². The summed E-state index contributed by atoms with van der Waals surface area (Å²) in [6.07, 6.45) is 1.76. The van der Waals surface area contributed by atoms with Gasteiger partial charge >= 0.3 is 6.03 Å². The highest BCUT2D eigenvalue weighted by Crippen LogP contribution is 2.43. The fourth-order valence-corrected chi connectivity index (χ4v) is 5.84. The van der Waals surface area contributed by atoms with E-state index in [-0.39, 0.29) is 17.9 Å². The number of hydrogen-bond acceptors (Lipinski definition) is 4. The van der Waals surface area contributed by atoms with E-state index in [4.69, 9.17) is 9.47 Å². The molecule has 7 heteroatoms. The van der Waals surface area contributed by atoms with Gasteiger partial charge in [0.15, 0.2) is 0 Å². The van der Waals surface area contributed by atoms with Crippen LogP contribution in [0.3, 0.4) is 0 Å². The number of benzene rings is 2. The number of urea groups is 1. The van der Waals surface area contributed by atoms with Crippen LogP contribution in [0, 0.1) is 12.7 Å². The summed E-state index contributed by atoms with van der Waals surface area (Å²) in [5.74, 6) is 0.877. The Morgan fingerprint density at radius 3 is 2.59 bits per heavy atom. The van der Waals surface area contributed by atoms with Gasteiger partial charge < -0.3 is 19.7 Å². The zero-order valence-corrected chi connectivity index (χ0v) is 19.5. The minimum atomic E-state index is -0.291. The maximum atomic E-state index is 13.6. The Morgan fingerprint density at radius 1 is 1.19 bits per heavy atom. The minimum Gasteiger partial charge on any atom is -0.497 e. The lowest BCUT2D eigenvalue weighted by atomic mass is 9.92. The zero-order valence-electron chi connectivity index (χ0n) is 18.7. The number of ether oxygens (including phenoxy) is 2. The van der Waals surface area contributed by atoms with Gasteiger partial charge in [-0.3, -0.25) is 0 Å². The number of aryl methyl sites for hydroxylation is 1. The number of nitrogens with one attached hydrogen (secondary N) is 1. The molecule has 0 fully saturated rings. The van der Waals surface area contributed by atoms with E-state index in [0.717, 1.165) is 23.3 Å². The van der Waals surface area contributed by atoms with Crippen LogP contribution in [-0.4, -0.2) is 31.7 Å². The van der Waals surface area contributed by atoms with Crippen molar-refractivity contribution in [3.63, 3.8) is 0 Å². The first-order chi connectivity index (χ1) is 15.5. The van der Waals surface area contributed by atoms with Crippen molar-refractivity contribution < 1.29 is 18.7 Å². The van der Waals surface area contributed by atoms with Crippen molar-refractivity contribution in [3.05, 3.63) is 74.7 Å². The molecule has 2 heterocycles. The standard InChI is InChI=1S/C25H27FN2O3S/c1-5-19-15(2)32-24-20(19)12-13-28(23(24)16-6-8-17(26)9-7-16)25(29)27-21-11-10-18(30-3)14-22(21)31-4/h6-11,14,23H,5,12-13H2,1-4H3,(H,27,29). The van der Waals surface area contributed by atoms with Crippen LogP contribution in [0.4, 0.5) is 14.9 Å². The van der Waals surface area contributed by atoms with Crippen molar-refractivity contribution in [2.45, 2.75) is 32.7 Å². The van der Waals surface area contributed by atoms with Crippen LogP contribution in [0.5, 0.6) is 11.5 Å². The monoisotopic (exact) mass is 454 g/mol. The summed E-state index contributed by atoms with van der Waals surface area (Å²) >= 11 is 1.73. The molecule has 2 aromatic carbocycles. The second-order valence-corrected chi connectivity index (χ2v) is 8.98. The predicted octanol–water partition coefficient (Wildman–Crippen LogP) is 5.95. The van der Waals surface area contributed by atoms with Gasteiger partial charge in [-0.1, -0.05) is 19.1 Å². The predicted molar refractivity (Wildman–Crippen MR) is 126 cm³/mol. The Hall–Kier alpha value is -3.06. The van der Waals surface area contributed by atoms with E-state index in [1.165, 1.54) is 28.1 Å². The molecule has 3 aromatic rings. The highest BCUT2D eigenvalue weighted by molar-refractivity contribution is 7.12. The molecule has 0 saturated carbocycles. The Morgan fingerprint density at radius 2 is 1.94 bits per heavy atom. The maximum Gasteiger partial charge on any atom is 0.322 e. The second-order valence-electron chi connectivity index (χ2n) is 7.73. The number of carbonyl (C=O) groups excluding carboxylic acids is 1. The van der Waals surface area contributed by atoms with E-state index in [2.05, 4.69) is 19.2 Å². The number of fused-ring (bicyclic) bond motifs is 1. The SMILES string of the molecule is CCc1c(C)sc2c1CCN(C(=O)Nc1ccc(OC)cc1OC)C2c1ccc(F)cc1. The molecule has 1 aliphatic rings. The molecule has 0 saturated heterocycles. The molecule has 1 unspecified atom stereocenters. The second kappa shape index (κ2) is 9.20. The van der Waals surface area contributed by atoms with Gasteiger partial charge in [0.2, 0.25) is 0 Å². The molecular weight excluding hydrogens is 427 g/mol. The molecule has 5 nitrogen and oxygen atoms in total. The molecular formula is C25H27FN2O3S. The summed E-state index contributed by atoms with van der Waals surface area (Å²) in [5, 5.41) is 3.00. The third kappa shape index (κ3) is 4.05. The first-order valence-corrected chi connectivity index (χ1v) is 11.4. The van der Waals surface area contributed by atoms with Crippen molar-refractivity contribution in [1.29, 1.82) is 0 Å². The van der Waals surface area contributed by atoms with Crippen LogP contribution >= 0.6 is 11.3 Å². The summed E-state index contributed by atoms with van der Waals surface area (Å²) in [5.41, 5.74) is 4.16. The number of anilines is 1. The van der Waals surface area contributed by atoms with Gasteiger partial charge in [0.05, 0.1) is 25.9 Å². The van der Waals surface area contributed by atoms with Crippen LogP contribution in [0.1, 0.15) is 39.4 Å². The number of thiophene rings is 1. The smallest absolute Gasteiger partial charge is 0.322 e. The van der Waals surface area contributed by atoms with E-state index in [1.54, 1.807) is 55.9 Å². The van der Waals surface area contributed by atoms with Gasteiger partial charge in [-0.2, -0.15) is 0 Å². The average molecular weight is 455 g/mol. The quantitative estimate of drug-likeness (QED) is 0.518. The fraction of sp³-hybridized carbons (Fsp3) is 0.320. The maximum absolute atomic E-state index is 13.6. The largest absolute Gasteiger partial charge is 0.497 e. The van der Waals surface area contributed by atoms with Gasteiger partial charge in [0.1, 0.15) is 17.3 Å². The number of carbonyl (C=O) groups is 1. The topological polar surface area (TPSA) is 50.8 Å². The van der Waals surface area contributed by atoms with Crippen molar-refractivity contribution >= 4 is 23.1 Å². The number of hydrogen-bond donors (Lipinski definition) is 1. The van der Waals surface area contributed by atoms with Crippen molar-refractivity contribution in [3.8, 4) is 11.5 Å². The number of methoxy groups -OCH3 is 2. The number of amides is 2. The first-order valence-electron chi connectivity index (χ1n) is 10.6. The van der Waals surface area contributed by atoms with E-state index in [9.17, 15) is 9.18 Å². The summed E-state index contributed by atoms with van der Waals surface area (Å²) in [6.45, 7) is 4.87. The lowest BCUT2D eigenvalue weighted by Crippen LogP contribution is -2.42. The lowest BCUT2D eigenvalue weighted by molar-refractivity contribution is 0.195. The number of nitrogens with zero attached hydrogens (tertiary/aromatic N) is 1. The van der Waals surface area contributed by atoms with E-state index < -0.39 is 0 Å². The Labute approximate surface area is 191 Å². The van der Waals surface area contributed by atoms with E-state index in [1.807, 2.05) is 4.90 Å². The molecule has 1 atom stereocenters. The van der Waals surface area contributed by atoms with Crippen LogP contribution in [-0.2, 0) is 12.8 Å². The summed E-state index contributed by atoms with van der Waals surface area (Å²) in [4.78, 5) is 17.7. The van der Waals surface area contributed by atoms with Gasteiger partial charge in [-0.05, 0) is 60.7 Å². The van der Waals surface area contributed by atoms with Crippen molar-refractivity contribution in [2.75, 3.05) is 26.1 Å². The lowest BCUT2D eigenvalue weighted by Gasteiger charge is -2.36. The van der Waals surface area contributed by atoms with Gasteiger partial charge in [0.25, 0.3) is 0 Å². The average Bonchev–Trinajstić information content (AvgIpc) is 3.14. The summed E-state index contributed by atoms with van der Waals surface area (Å²) in [7, 11) is 3.14. The molecule has 1 aliphatic heterocycles. The van der Waals surface area contributed by atoms with Crippen LogP contribution in [0.15, 0.2) is 42.5 Å². The Kier molecular flexibility index (Phi) is 6.37. The molecule has 1 aromatic heterocycles. The van der Waals surface area contributed by atoms with Gasteiger partial charge in [0, 0.05) is 22.4 Å². The van der Waals surface area contributed by atoms with E-state index >= 15 is 0 Å². The molecule has 4 rings (SSSR count). The fourth-order valence-electron chi connectivity index (χ4n) is 4.39. The van der Waals surface area contributed by atoms with Crippen molar-refractivity contribution in [2.24, 2.45) is 0 Å². The molecule has 0 aliphatic carbocycles. The Bertz CT molecular complexity index is 1130. The zero-order chi connectivity index (χ0) is 22.8. The van der Waals surface area contributed by atoms with Crippen molar-refractivity contribution in [1.82, 2.24) is 4.90 Å². The molecule has 0 radical (unpaired) electrons.